The molecular formula is C100H68N8. The van der Waals surface area contributed by atoms with Gasteiger partial charge in [0.1, 0.15) is 11.7 Å². The molecule has 0 bridgehead atoms. The van der Waals surface area contributed by atoms with E-state index < -0.39 is 0 Å². The molecule has 0 aliphatic carbocycles. The van der Waals surface area contributed by atoms with Crippen molar-refractivity contribution in [3.05, 3.63) is 422 Å². The molecule has 22 rings (SSSR count). The topological polar surface area (TPSA) is 68.5 Å². The van der Waals surface area contributed by atoms with Gasteiger partial charge in [-0.25, -0.2) is 9.98 Å². The SMILES string of the molecule is c1ccc(-n2ccc3ccc4c5ccccc5n(-c5ccc(C6=Nc7ccccc7C(c7ccc(-c8ccc9ccccc9c8)cc7)N6)cc5)c4c32)cc1.c1ccc(-n2ccc3ccc4c5ccccc5n(-c5ccc(C6=Nc7ccccc7C(c7ccc(-c8cccc9ccccc89)cc7)N6)cc5)c4c32)cc1. The third-order valence-corrected chi connectivity index (χ3v) is 22.0. The van der Waals surface area contributed by atoms with Gasteiger partial charge in [-0.2, -0.15) is 0 Å². The molecule has 0 saturated carbocycles. The molecule has 6 heterocycles. The average molecular weight is 1380 g/mol. The zero-order valence-corrected chi connectivity index (χ0v) is 58.8. The van der Waals surface area contributed by atoms with Gasteiger partial charge in [0.05, 0.1) is 56.6 Å². The van der Waals surface area contributed by atoms with Gasteiger partial charge >= 0.3 is 0 Å². The number of nitrogens with one attached hydrogen (secondary N) is 2. The second-order valence-corrected chi connectivity index (χ2v) is 28.2. The highest BCUT2D eigenvalue weighted by molar-refractivity contribution is 6.20. The van der Waals surface area contributed by atoms with Crippen LogP contribution in [0.1, 0.15) is 45.5 Å². The maximum Gasteiger partial charge on any atom is 0.134 e. The lowest BCUT2D eigenvalue weighted by Crippen LogP contribution is -2.32. The van der Waals surface area contributed by atoms with Crippen LogP contribution >= 0.6 is 0 Å². The van der Waals surface area contributed by atoms with Crippen LogP contribution in [0.15, 0.2) is 398 Å². The first-order valence-corrected chi connectivity index (χ1v) is 37.0. The lowest BCUT2D eigenvalue weighted by atomic mass is 9.92. The van der Waals surface area contributed by atoms with Crippen LogP contribution in [0.5, 0.6) is 0 Å². The van der Waals surface area contributed by atoms with Crippen molar-refractivity contribution in [3.63, 3.8) is 0 Å². The summed E-state index contributed by atoms with van der Waals surface area (Å²) in [5.41, 5.74) is 25.4. The Hall–Kier alpha value is -14.3. The molecule has 508 valence electrons. The van der Waals surface area contributed by atoms with Gasteiger partial charge in [-0.3, -0.25) is 0 Å². The van der Waals surface area contributed by atoms with Crippen molar-refractivity contribution in [1.29, 1.82) is 0 Å². The predicted molar refractivity (Wildman–Crippen MR) is 449 cm³/mol. The molecule has 0 saturated heterocycles. The van der Waals surface area contributed by atoms with Crippen LogP contribution in [0.4, 0.5) is 11.4 Å². The smallest absolute Gasteiger partial charge is 0.134 e. The molecule has 2 aliphatic heterocycles. The van der Waals surface area contributed by atoms with Gasteiger partial charge in [-0.1, -0.05) is 261 Å². The van der Waals surface area contributed by atoms with Crippen molar-refractivity contribution >= 4 is 110 Å². The lowest BCUT2D eigenvalue weighted by Gasteiger charge is -2.28. The van der Waals surface area contributed by atoms with E-state index in [1.54, 1.807) is 0 Å². The van der Waals surface area contributed by atoms with Crippen molar-refractivity contribution in [1.82, 2.24) is 28.9 Å². The van der Waals surface area contributed by atoms with Crippen LogP contribution in [0.25, 0.3) is 132 Å². The molecule has 2 N–H and O–H groups in total. The number of nitrogens with zero attached hydrogens (tertiary/aromatic N) is 6. The first-order chi connectivity index (χ1) is 53.5. The zero-order chi connectivity index (χ0) is 71.2. The van der Waals surface area contributed by atoms with E-state index in [1.165, 1.54) is 131 Å². The summed E-state index contributed by atoms with van der Waals surface area (Å²) in [6.45, 7) is 0. The number of para-hydroxylation sites is 6. The summed E-state index contributed by atoms with van der Waals surface area (Å²) in [7, 11) is 0. The highest BCUT2D eigenvalue weighted by atomic mass is 15.1. The largest absolute Gasteiger partial charge is 0.359 e. The summed E-state index contributed by atoms with van der Waals surface area (Å²) < 4.78 is 9.46. The highest BCUT2D eigenvalue weighted by Crippen LogP contribution is 2.43. The first kappa shape index (κ1) is 62.2. The summed E-state index contributed by atoms with van der Waals surface area (Å²) in [6.07, 6.45) is 4.37. The highest BCUT2D eigenvalue weighted by Gasteiger charge is 2.28. The number of aromatic nitrogens is 4. The summed E-state index contributed by atoms with van der Waals surface area (Å²) in [5, 5.41) is 20.1. The summed E-state index contributed by atoms with van der Waals surface area (Å²) in [5.74, 6) is 1.73. The Bertz CT molecular complexity index is 6950. The van der Waals surface area contributed by atoms with E-state index >= 15 is 0 Å². The molecule has 8 heteroatoms. The lowest BCUT2D eigenvalue weighted by molar-refractivity contribution is 0.749. The third-order valence-electron chi connectivity index (χ3n) is 22.0. The van der Waals surface area contributed by atoms with E-state index in [4.69, 9.17) is 9.98 Å². The third kappa shape index (κ3) is 10.6. The normalized spacial score (nSPS) is 14.0. The Kier molecular flexibility index (Phi) is 14.9. The summed E-state index contributed by atoms with van der Waals surface area (Å²) in [4.78, 5) is 10.3. The second kappa shape index (κ2) is 25.8. The Balaban J connectivity index is 0.000000138. The number of aliphatic imine (C=N–C) groups is 2. The average Bonchev–Trinajstić information content (AvgIpc) is 1.57. The number of hydrogen-bond donors (Lipinski definition) is 2. The fraction of sp³-hybridized carbons (Fsp3) is 0.0200. The molecule has 108 heavy (non-hydrogen) atoms. The monoisotopic (exact) mass is 1380 g/mol. The Morgan fingerprint density at radius 3 is 1.18 bits per heavy atom. The van der Waals surface area contributed by atoms with E-state index in [1.807, 2.05) is 0 Å². The van der Waals surface area contributed by atoms with Crippen molar-refractivity contribution in [2.45, 2.75) is 12.1 Å². The van der Waals surface area contributed by atoms with E-state index in [2.05, 4.69) is 417 Å². The van der Waals surface area contributed by atoms with E-state index in [9.17, 15) is 0 Å². The van der Waals surface area contributed by atoms with Gasteiger partial charge in [0.25, 0.3) is 0 Å². The summed E-state index contributed by atoms with van der Waals surface area (Å²) in [6, 6.07) is 135. The van der Waals surface area contributed by atoms with E-state index in [-0.39, 0.29) is 12.1 Å². The van der Waals surface area contributed by atoms with Crippen LogP contribution in [-0.4, -0.2) is 29.9 Å². The maximum atomic E-state index is 5.16. The molecule has 0 radical (unpaired) electrons. The Morgan fingerprint density at radius 2 is 0.648 bits per heavy atom. The van der Waals surface area contributed by atoms with Crippen molar-refractivity contribution in [3.8, 4) is 45.0 Å². The molecule has 2 atom stereocenters. The maximum absolute atomic E-state index is 5.16. The van der Waals surface area contributed by atoms with Crippen molar-refractivity contribution < 1.29 is 0 Å². The minimum atomic E-state index is -0.0358. The van der Waals surface area contributed by atoms with Crippen LogP contribution in [0, 0.1) is 0 Å². The molecule has 8 nitrogen and oxygen atoms in total. The van der Waals surface area contributed by atoms with Gasteiger partial charge < -0.3 is 28.9 Å². The minimum Gasteiger partial charge on any atom is -0.359 e. The fourth-order valence-electron chi connectivity index (χ4n) is 16.8. The van der Waals surface area contributed by atoms with Gasteiger partial charge in [0, 0.05) is 89.7 Å². The van der Waals surface area contributed by atoms with Crippen molar-refractivity contribution in [2.24, 2.45) is 9.98 Å². The molecule has 0 amide bonds. The fourth-order valence-corrected chi connectivity index (χ4v) is 16.8. The van der Waals surface area contributed by atoms with Crippen LogP contribution in [0.3, 0.4) is 0 Å². The zero-order valence-electron chi connectivity index (χ0n) is 58.8. The van der Waals surface area contributed by atoms with Gasteiger partial charge in [0.2, 0.25) is 0 Å². The standard InChI is InChI=1S/2C50H34N4/c1-2-13-38(14-3-1)53-32-31-36-27-30-43-42-16-7-9-20-46(42)54(49(43)48(36)53)39-28-25-37(26-29-39)50-51-45-19-8-6-17-44(45)47(52-50)35-23-21-34(22-24-35)41-18-10-12-33-11-4-5-15-40(33)41;1-2-12-40(13-3-1)53-31-30-36-26-29-43-42-14-7-9-17-46(42)54(49(43)48(36)53)41-27-24-37(25-28-41)50-51-45-16-8-6-15-44(45)47(52-50)35-21-18-34(19-22-35)39-23-20-33-10-4-5-11-38(33)32-39/h2*1-32,47H,(H,51,52). The molecule has 20 aromatic rings. The molecular weight excluding hydrogens is 1310 g/mol. The van der Waals surface area contributed by atoms with Crippen LogP contribution in [-0.2, 0) is 0 Å². The van der Waals surface area contributed by atoms with Crippen LogP contribution in [0.2, 0.25) is 0 Å². The molecule has 4 aromatic heterocycles. The van der Waals surface area contributed by atoms with Gasteiger partial charge in [0.15, 0.2) is 0 Å². The van der Waals surface area contributed by atoms with E-state index in [0.29, 0.717) is 0 Å². The van der Waals surface area contributed by atoms with Crippen molar-refractivity contribution in [2.75, 3.05) is 0 Å². The Morgan fingerprint density at radius 1 is 0.241 bits per heavy atom. The van der Waals surface area contributed by atoms with Gasteiger partial charge in [-0.05, 0) is 170 Å². The van der Waals surface area contributed by atoms with Crippen LogP contribution < -0.4 is 10.6 Å². The quantitative estimate of drug-likeness (QED) is 0.143. The predicted octanol–water partition coefficient (Wildman–Crippen LogP) is 24.6. The first-order valence-electron chi connectivity index (χ1n) is 37.0. The van der Waals surface area contributed by atoms with E-state index in [0.717, 1.165) is 56.9 Å². The Labute approximate surface area is 624 Å². The molecule has 2 unspecified atom stereocenters. The molecule has 0 fully saturated rings. The number of hydrogen-bond acceptors (Lipinski definition) is 4. The van der Waals surface area contributed by atoms with Gasteiger partial charge in [-0.15, -0.1) is 0 Å². The number of fused-ring (bicyclic) bond motifs is 14. The summed E-state index contributed by atoms with van der Waals surface area (Å²) >= 11 is 0. The molecule has 2 aliphatic rings. The minimum absolute atomic E-state index is 0.0320. The number of rotatable bonds is 10. The molecule has 16 aromatic carbocycles. The second-order valence-electron chi connectivity index (χ2n) is 28.2. The number of benzene rings is 16. The number of amidine groups is 2. The molecule has 0 spiro atoms.